The van der Waals surface area contributed by atoms with Crippen LogP contribution in [0.1, 0.15) is 24.1 Å². The molecule has 2 atom stereocenters. The summed E-state index contributed by atoms with van der Waals surface area (Å²) < 4.78 is 44.0. The number of carbonyl (C=O) groups excluding carboxylic acids is 1. The van der Waals surface area contributed by atoms with Crippen molar-refractivity contribution in [3.05, 3.63) is 89.7 Å². The van der Waals surface area contributed by atoms with E-state index in [4.69, 9.17) is 4.74 Å². The normalized spacial score (nSPS) is 21.0. The number of rotatable bonds is 5. The first-order chi connectivity index (χ1) is 14.7. The molecule has 0 radical (unpaired) electrons. The van der Waals surface area contributed by atoms with Crippen LogP contribution in [0.3, 0.4) is 0 Å². The average molecular weight is 440 g/mol. The fourth-order valence-electron chi connectivity index (χ4n) is 4.00. The van der Waals surface area contributed by atoms with Gasteiger partial charge in [-0.3, -0.25) is 4.79 Å². The summed E-state index contributed by atoms with van der Waals surface area (Å²) >= 11 is 0. The summed E-state index contributed by atoms with van der Waals surface area (Å²) in [6.07, 6.45) is 0. The third-order valence-corrected chi connectivity index (χ3v) is 8.26. The number of β-lactam (4-membered cyclic amide) rings is 1. The first-order valence-corrected chi connectivity index (χ1v) is 11.2. The number of carbonyl (C=O) groups is 1. The van der Waals surface area contributed by atoms with Gasteiger partial charge in [0.25, 0.3) is 5.91 Å². The first-order valence-electron chi connectivity index (χ1n) is 9.74. The highest BCUT2D eigenvalue weighted by Gasteiger charge is 2.66. The number of sulfone groups is 1. The SMILES string of the molecule is COc1ccc(N2C(=O)[C@](C)(S(=O)(=O)c3ccc(F)cc3)[C@@H]2c2ccc(C)cc2)cc1. The topological polar surface area (TPSA) is 63.7 Å². The van der Waals surface area contributed by atoms with Crippen LogP contribution in [0.2, 0.25) is 0 Å². The lowest BCUT2D eigenvalue weighted by atomic mass is 9.82. The van der Waals surface area contributed by atoms with Gasteiger partial charge < -0.3 is 9.64 Å². The van der Waals surface area contributed by atoms with Crippen LogP contribution in [0, 0.1) is 12.7 Å². The molecule has 7 heteroatoms. The lowest BCUT2D eigenvalue weighted by Crippen LogP contribution is -2.70. The van der Waals surface area contributed by atoms with Crippen LogP contribution in [0.5, 0.6) is 5.75 Å². The Labute approximate surface area is 181 Å². The Morgan fingerprint density at radius 3 is 2.06 bits per heavy atom. The summed E-state index contributed by atoms with van der Waals surface area (Å²) in [6, 6.07) is 18.2. The van der Waals surface area contributed by atoms with Crippen LogP contribution in [-0.2, 0) is 14.6 Å². The molecule has 1 heterocycles. The van der Waals surface area contributed by atoms with Crippen molar-refractivity contribution in [3.8, 4) is 5.75 Å². The second-order valence-corrected chi connectivity index (χ2v) is 10.1. The molecule has 4 rings (SSSR count). The number of benzene rings is 3. The maximum absolute atomic E-state index is 13.6. The minimum absolute atomic E-state index is 0.0868. The summed E-state index contributed by atoms with van der Waals surface area (Å²) in [5.74, 6) is -0.447. The van der Waals surface area contributed by atoms with Crippen LogP contribution in [0.15, 0.2) is 77.7 Å². The van der Waals surface area contributed by atoms with E-state index in [1.54, 1.807) is 31.4 Å². The Morgan fingerprint density at radius 2 is 1.52 bits per heavy atom. The zero-order valence-corrected chi connectivity index (χ0v) is 18.2. The Balaban J connectivity index is 1.85. The van der Waals surface area contributed by atoms with Crippen LogP contribution < -0.4 is 9.64 Å². The minimum Gasteiger partial charge on any atom is -0.497 e. The highest BCUT2D eigenvalue weighted by Crippen LogP contribution is 2.52. The molecule has 1 saturated heterocycles. The average Bonchev–Trinajstić information content (AvgIpc) is 2.77. The van der Waals surface area contributed by atoms with Crippen LogP contribution in [0.4, 0.5) is 10.1 Å². The summed E-state index contributed by atoms with van der Waals surface area (Å²) in [5, 5.41) is 0. The van der Waals surface area contributed by atoms with Crippen molar-refractivity contribution in [1.29, 1.82) is 0 Å². The van der Waals surface area contributed by atoms with Gasteiger partial charge in [0.15, 0.2) is 14.6 Å². The van der Waals surface area contributed by atoms with Gasteiger partial charge in [-0.25, -0.2) is 12.8 Å². The standard InChI is InChI=1S/C24H22FNO4S/c1-16-4-6-17(7-5-16)22-24(2,31(28,29)21-14-8-18(25)9-15-21)23(27)26(22)19-10-12-20(30-3)13-11-19/h4-15,22H,1-3H3/t22-,24+/m0/s1. The van der Waals surface area contributed by atoms with Crippen molar-refractivity contribution in [2.75, 3.05) is 12.0 Å². The van der Waals surface area contributed by atoms with E-state index in [0.29, 0.717) is 17.0 Å². The van der Waals surface area contributed by atoms with Gasteiger partial charge in [0, 0.05) is 5.69 Å². The van der Waals surface area contributed by atoms with Gasteiger partial charge in [0.1, 0.15) is 11.6 Å². The van der Waals surface area contributed by atoms with Crippen molar-refractivity contribution in [1.82, 2.24) is 0 Å². The molecule has 1 amide bonds. The van der Waals surface area contributed by atoms with Gasteiger partial charge in [-0.15, -0.1) is 0 Å². The molecule has 5 nitrogen and oxygen atoms in total. The van der Waals surface area contributed by atoms with Crippen molar-refractivity contribution in [3.63, 3.8) is 0 Å². The molecule has 0 aromatic heterocycles. The number of anilines is 1. The number of hydrogen-bond acceptors (Lipinski definition) is 4. The Kier molecular flexibility index (Phi) is 5.09. The van der Waals surface area contributed by atoms with E-state index in [9.17, 15) is 17.6 Å². The Hall–Kier alpha value is -3.19. The van der Waals surface area contributed by atoms with Gasteiger partial charge in [-0.2, -0.15) is 0 Å². The maximum atomic E-state index is 13.6. The Bertz CT molecular complexity index is 1220. The molecule has 0 unspecified atom stereocenters. The molecule has 0 spiro atoms. The highest BCUT2D eigenvalue weighted by molar-refractivity contribution is 7.93. The molecular weight excluding hydrogens is 417 g/mol. The van der Waals surface area contributed by atoms with Gasteiger partial charge in [-0.05, 0) is 67.9 Å². The molecule has 0 N–H and O–H groups in total. The predicted molar refractivity (Wildman–Crippen MR) is 116 cm³/mol. The fourth-order valence-corrected chi connectivity index (χ4v) is 5.85. The summed E-state index contributed by atoms with van der Waals surface area (Å²) in [4.78, 5) is 14.8. The molecule has 0 bridgehead atoms. The number of hydrogen-bond donors (Lipinski definition) is 0. The van der Waals surface area contributed by atoms with Gasteiger partial charge in [-0.1, -0.05) is 29.8 Å². The van der Waals surface area contributed by atoms with E-state index in [1.165, 1.54) is 24.0 Å². The molecular formula is C24H22FNO4S. The lowest BCUT2D eigenvalue weighted by Gasteiger charge is -2.53. The van der Waals surface area contributed by atoms with Crippen LogP contribution in [-0.4, -0.2) is 26.2 Å². The number of methoxy groups -OCH3 is 1. The molecule has 3 aromatic carbocycles. The van der Waals surface area contributed by atoms with E-state index in [1.807, 2.05) is 31.2 Å². The zero-order valence-electron chi connectivity index (χ0n) is 17.4. The van der Waals surface area contributed by atoms with Gasteiger partial charge in [0.2, 0.25) is 0 Å². The summed E-state index contributed by atoms with van der Waals surface area (Å²) in [7, 11) is -2.56. The number of nitrogens with zero attached hydrogens (tertiary/aromatic N) is 1. The quantitative estimate of drug-likeness (QED) is 0.435. The molecule has 1 fully saturated rings. The second-order valence-electron chi connectivity index (χ2n) is 7.75. The number of aryl methyl sites for hydroxylation is 1. The van der Waals surface area contributed by atoms with Crippen molar-refractivity contribution < 1.29 is 22.3 Å². The third kappa shape index (κ3) is 3.20. The first kappa shape index (κ1) is 21.1. The van der Waals surface area contributed by atoms with E-state index in [2.05, 4.69) is 0 Å². The van der Waals surface area contributed by atoms with Crippen molar-refractivity contribution in [2.45, 2.75) is 29.5 Å². The largest absolute Gasteiger partial charge is 0.497 e. The number of ether oxygens (including phenoxy) is 1. The van der Waals surface area contributed by atoms with Gasteiger partial charge in [0.05, 0.1) is 18.0 Å². The van der Waals surface area contributed by atoms with Crippen molar-refractivity contribution in [2.24, 2.45) is 0 Å². The second kappa shape index (κ2) is 7.50. The minimum atomic E-state index is -4.11. The van der Waals surface area contributed by atoms with E-state index in [-0.39, 0.29) is 4.90 Å². The third-order valence-electron chi connectivity index (χ3n) is 5.85. The summed E-state index contributed by atoms with van der Waals surface area (Å²) in [5.41, 5.74) is 2.30. The van der Waals surface area contributed by atoms with Crippen molar-refractivity contribution >= 4 is 21.4 Å². The molecule has 3 aromatic rings. The molecule has 1 aliphatic rings. The van der Waals surface area contributed by atoms with E-state index < -0.39 is 32.4 Å². The molecule has 160 valence electrons. The molecule has 1 aliphatic heterocycles. The molecule has 31 heavy (non-hydrogen) atoms. The van der Waals surface area contributed by atoms with Crippen LogP contribution in [0.25, 0.3) is 0 Å². The smallest absolute Gasteiger partial charge is 0.251 e. The Morgan fingerprint density at radius 1 is 0.935 bits per heavy atom. The van der Waals surface area contributed by atoms with E-state index in [0.717, 1.165) is 17.7 Å². The molecule has 0 aliphatic carbocycles. The molecule has 0 saturated carbocycles. The van der Waals surface area contributed by atoms with Gasteiger partial charge >= 0.3 is 0 Å². The maximum Gasteiger partial charge on any atom is 0.251 e. The lowest BCUT2D eigenvalue weighted by molar-refractivity contribution is -0.127. The monoisotopic (exact) mass is 439 g/mol. The number of amides is 1. The summed E-state index contributed by atoms with van der Waals surface area (Å²) in [6.45, 7) is 3.38. The van der Waals surface area contributed by atoms with E-state index >= 15 is 0 Å². The fraction of sp³-hybridized carbons (Fsp3) is 0.208. The zero-order chi connectivity index (χ0) is 22.4. The van der Waals surface area contributed by atoms with Crippen LogP contribution >= 0.6 is 0 Å². The predicted octanol–water partition coefficient (Wildman–Crippen LogP) is 4.46. The number of halogens is 1. The highest BCUT2D eigenvalue weighted by atomic mass is 32.2.